The quantitative estimate of drug-likeness (QED) is 0.430. The van der Waals surface area contributed by atoms with Gasteiger partial charge in [-0.1, -0.05) is 127 Å². The van der Waals surface area contributed by atoms with Crippen LogP contribution in [0, 0.1) is 0 Å². The number of hydrogen-bond acceptors (Lipinski definition) is 0. The standard InChI is InChI=1S/C27H21P/c1-4-13-23(14-5-1)28(24-15-6-2-7-16-24,25-17-8-3-9-18-25)27-21-20-22-12-10-11-19-26(22)27/h1-21H. The number of rotatable bonds is 3. The molecule has 0 amide bonds. The average Bonchev–Trinajstić information content (AvgIpc) is 3.21. The van der Waals surface area contributed by atoms with E-state index in [4.69, 9.17) is 0 Å². The highest BCUT2D eigenvalue weighted by Crippen LogP contribution is 2.49. The van der Waals surface area contributed by atoms with Crippen molar-refractivity contribution in [2.75, 3.05) is 0 Å². The molecular formula is C27H21P. The lowest BCUT2D eigenvalue weighted by atomic mass is 10.1. The first-order valence-electron chi connectivity index (χ1n) is 9.61. The van der Waals surface area contributed by atoms with Crippen LogP contribution in [0.5, 0.6) is 0 Å². The second-order valence-electron chi connectivity index (χ2n) is 6.98. The van der Waals surface area contributed by atoms with Gasteiger partial charge in [-0.15, -0.1) is 0 Å². The van der Waals surface area contributed by atoms with Gasteiger partial charge in [-0.25, -0.2) is 0 Å². The molecule has 0 aliphatic heterocycles. The fraction of sp³-hybridized carbons (Fsp3) is 0. The van der Waals surface area contributed by atoms with E-state index in [1.165, 1.54) is 32.3 Å². The van der Waals surface area contributed by atoms with E-state index in [9.17, 15) is 0 Å². The molecule has 0 N–H and O–H groups in total. The topological polar surface area (TPSA) is 0 Å². The highest BCUT2D eigenvalue weighted by atomic mass is 31.2. The fourth-order valence-corrected chi connectivity index (χ4v) is 8.70. The van der Waals surface area contributed by atoms with Crippen LogP contribution in [-0.2, 0) is 0 Å². The maximum absolute atomic E-state index is 2.35. The first-order valence-corrected chi connectivity index (χ1v) is 11.4. The first-order chi connectivity index (χ1) is 13.9. The highest BCUT2D eigenvalue weighted by Gasteiger charge is 2.31. The molecule has 4 aromatic rings. The van der Waals surface area contributed by atoms with Crippen LogP contribution in [0.15, 0.2) is 121 Å². The van der Waals surface area contributed by atoms with Crippen LogP contribution in [0.2, 0.25) is 0 Å². The molecule has 1 heteroatoms. The summed E-state index contributed by atoms with van der Waals surface area (Å²) in [5.74, 6) is 0. The molecule has 0 aromatic heterocycles. The average molecular weight is 376 g/mol. The molecule has 1 aliphatic carbocycles. The molecule has 0 unspecified atom stereocenters. The maximum atomic E-state index is 2.35. The minimum Gasteiger partial charge on any atom is -0.0622 e. The molecule has 0 bridgehead atoms. The molecule has 0 nitrogen and oxygen atoms in total. The summed E-state index contributed by atoms with van der Waals surface area (Å²) in [6, 6.07) is 41.9. The van der Waals surface area contributed by atoms with E-state index in [1.807, 2.05) is 0 Å². The Hall–Kier alpha value is -3.08. The third kappa shape index (κ3) is 2.61. The van der Waals surface area contributed by atoms with Crippen molar-refractivity contribution in [1.29, 1.82) is 0 Å². The fourth-order valence-electron chi connectivity index (χ4n) is 4.25. The largest absolute Gasteiger partial charge is 0.0622 e. The lowest BCUT2D eigenvalue weighted by Crippen LogP contribution is -2.29. The second-order valence-corrected chi connectivity index (χ2v) is 10.4. The summed E-state index contributed by atoms with van der Waals surface area (Å²) < 4.78 is 0. The van der Waals surface area contributed by atoms with Gasteiger partial charge in [0.1, 0.15) is 0 Å². The van der Waals surface area contributed by atoms with Crippen LogP contribution >= 0.6 is 6.89 Å². The first kappa shape index (κ1) is 17.0. The van der Waals surface area contributed by atoms with Gasteiger partial charge in [0.15, 0.2) is 0 Å². The zero-order valence-corrected chi connectivity index (χ0v) is 16.5. The second kappa shape index (κ2) is 7.15. The molecule has 4 aromatic carbocycles. The Kier molecular flexibility index (Phi) is 4.35. The van der Waals surface area contributed by atoms with Crippen LogP contribution in [0.25, 0.3) is 6.08 Å². The van der Waals surface area contributed by atoms with E-state index in [2.05, 4.69) is 127 Å². The van der Waals surface area contributed by atoms with Crippen molar-refractivity contribution in [1.82, 2.24) is 0 Å². The van der Waals surface area contributed by atoms with E-state index in [0.717, 1.165) is 0 Å². The van der Waals surface area contributed by atoms with E-state index < -0.39 is 6.89 Å². The van der Waals surface area contributed by atoms with Crippen LogP contribution in [0.1, 0.15) is 11.1 Å². The maximum Gasteiger partial charge on any atom is -0.00764 e. The molecule has 28 heavy (non-hydrogen) atoms. The number of benzene rings is 4. The summed E-state index contributed by atoms with van der Waals surface area (Å²) in [6.07, 6.45) is 4.62. The van der Waals surface area contributed by atoms with Crippen molar-refractivity contribution in [3.63, 3.8) is 0 Å². The molecular weight excluding hydrogens is 355 g/mol. The molecule has 0 atom stereocenters. The molecule has 134 valence electrons. The normalized spacial score (nSPS) is 12.8. The summed E-state index contributed by atoms with van der Waals surface area (Å²) in [6.45, 7) is -2.00. The van der Waals surface area contributed by atoms with Crippen LogP contribution in [-0.4, -0.2) is 5.29 Å². The van der Waals surface area contributed by atoms with Crippen molar-refractivity contribution in [3.8, 4) is 0 Å². The molecule has 0 fully saturated rings. The third-order valence-corrected chi connectivity index (χ3v) is 9.78. The molecule has 0 saturated carbocycles. The van der Waals surface area contributed by atoms with Gasteiger partial charge in [0, 0.05) is 0 Å². The zero-order chi connectivity index (χ0) is 18.8. The van der Waals surface area contributed by atoms with Crippen molar-refractivity contribution >= 4 is 34.2 Å². The summed E-state index contributed by atoms with van der Waals surface area (Å²) in [5, 5.41) is 5.61. The SMILES string of the molecule is C1=Cc2ccccc2C1=P(c1ccccc1)(c1ccccc1)c1ccccc1. The van der Waals surface area contributed by atoms with Crippen molar-refractivity contribution in [3.05, 3.63) is 132 Å². The molecule has 1 aliphatic rings. The molecule has 0 spiro atoms. The third-order valence-electron chi connectivity index (χ3n) is 5.45. The minimum absolute atomic E-state index is 1.31. The molecule has 0 radical (unpaired) electrons. The van der Waals surface area contributed by atoms with E-state index in [1.54, 1.807) is 0 Å². The summed E-state index contributed by atoms with van der Waals surface area (Å²) in [7, 11) is 0. The van der Waals surface area contributed by atoms with Gasteiger partial charge in [-0.05, 0) is 39.2 Å². The monoisotopic (exact) mass is 376 g/mol. The lowest BCUT2D eigenvalue weighted by molar-refractivity contribution is 1.65. The highest BCUT2D eigenvalue weighted by molar-refractivity contribution is 7.96. The Balaban J connectivity index is 2.02. The molecule has 0 saturated heterocycles. The molecule has 0 heterocycles. The Morgan fingerprint density at radius 2 is 0.821 bits per heavy atom. The van der Waals surface area contributed by atoms with Crippen molar-refractivity contribution in [2.24, 2.45) is 0 Å². The van der Waals surface area contributed by atoms with Gasteiger partial charge in [0.05, 0.1) is 0 Å². The van der Waals surface area contributed by atoms with Gasteiger partial charge in [0.25, 0.3) is 0 Å². The van der Waals surface area contributed by atoms with E-state index in [0.29, 0.717) is 0 Å². The van der Waals surface area contributed by atoms with Gasteiger partial charge in [0.2, 0.25) is 0 Å². The summed E-state index contributed by atoms with van der Waals surface area (Å²) in [5.41, 5.74) is 2.66. The molecule has 5 rings (SSSR count). The Labute approximate surface area is 166 Å². The summed E-state index contributed by atoms with van der Waals surface area (Å²) in [4.78, 5) is 0. The zero-order valence-electron chi connectivity index (χ0n) is 15.6. The smallest absolute Gasteiger partial charge is 0.00764 e. The number of hydrogen-bond donors (Lipinski definition) is 0. The Morgan fingerprint density at radius 3 is 1.32 bits per heavy atom. The van der Waals surface area contributed by atoms with Gasteiger partial charge < -0.3 is 0 Å². The van der Waals surface area contributed by atoms with Crippen LogP contribution in [0.4, 0.5) is 0 Å². The minimum atomic E-state index is -2.00. The predicted molar refractivity (Wildman–Crippen MR) is 125 cm³/mol. The van der Waals surface area contributed by atoms with Gasteiger partial charge in [-0.3, -0.25) is 0 Å². The van der Waals surface area contributed by atoms with E-state index >= 15 is 0 Å². The Morgan fingerprint density at radius 1 is 0.393 bits per heavy atom. The van der Waals surface area contributed by atoms with E-state index in [-0.39, 0.29) is 0 Å². The van der Waals surface area contributed by atoms with Gasteiger partial charge in [-0.2, -0.15) is 0 Å². The Bertz CT molecular complexity index is 1080. The van der Waals surface area contributed by atoms with Crippen molar-refractivity contribution in [2.45, 2.75) is 0 Å². The summed E-state index contributed by atoms with van der Waals surface area (Å²) >= 11 is 0. The van der Waals surface area contributed by atoms with Crippen LogP contribution < -0.4 is 15.9 Å². The van der Waals surface area contributed by atoms with Crippen molar-refractivity contribution < 1.29 is 0 Å². The van der Waals surface area contributed by atoms with Crippen LogP contribution in [0.3, 0.4) is 0 Å². The van der Waals surface area contributed by atoms with Gasteiger partial charge >= 0.3 is 0 Å². The lowest BCUT2D eigenvalue weighted by Gasteiger charge is -2.31. The number of allylic oxidation sites excluding steroid dienone is 1. The number of fused-ring (bicyclic) bond motifs is 1. The predicted octanol–water partition coefficient (Wildman–Crippen LogP) is 5.23.